The van der Waals surface area contributed by atoms with Gasteiger partial charge in [0.05, 0.1) is 11.0 Å². The molecule has 2 aliphatic rings. The molecule has 0 N–H and O–H groups in total. The van der Waals surface area contributed by atoms with Crippen molar-refractivity contribution in [1.29, 1.82) is 0 Å². The van der Waals surface area contributed by atoms with Gasteiger partial charge in [0.1, 0.15) is 0 Å². The summed E-state index contributed by atoms with van der Waals surface area (Å²) in [7, 11) is -2.53. The molecule has 0 unspecified atom stereocenters. The van der Waals surface area contributed by atoms with Crippen molar-refractivity contribution in [3.63, 3.8) is 0 Å². The van der Waals surface area contributed by atoms with Crippen LogP contribution in [-0.2, 0) is 6.42 Å². The Morgan fingerprint density at radius 1 is 0.400 bits per heavy atom. The lowest BCUT2D eigenvalue weighted by Crippen LogP contribution is -2.72. The zero-order valence-corrected chi connectivity index (χ0v) is 25.7. The fourth-order valence-electron chi connectivity index (χ4n) is 8.44. The van der Waals surface area contributed by atoms with Crippen molar-refractivity contribution >= 4 is 50.6 Å². The smallest absolute Gasteiger partial charge is 0.180 e. The molecule has 1 nitrogen and oxygen atoms in total. The van der Waals surface area contributed by atoms with Gasteiger partial charge in [-0.2, -0.15) is 0 Å². The van der Waals surface area contributed by atoms with Crippen LogP contribution in [0.1, 0.15) is 11.1 Å². The van der Waals surface area contributed by atoms with E-state index in [9.17, 15) is 0 Å². The summed E-state index contributed by atoms with van der Waals surface area (Å²) >= 11 is 0. The van der Waals surface area contributed by atoms with Crippen LogP contribution in [0, 0.1) is 0 Å². The van der Waals surface area contributed by atoms with Crippen molar-refractivity contribution in [3.05, 3.63) is 175 Å². The molecule has 210 valence electrons. The van der Waals surface area contributed by atoms with Crippen molar-refractivity contribution < 1.29 is 0 Å². The van der Waals surface area contributed by atoms with E-state index in [0.29, 0.717) is 0 Å². The molecule has 0 saturated carbocycles. The highest BCUT2D eigenvalue weighted by atomic mass is 28.3. The number of hydrogen-bond acceptors (Lipinski definition) is 0. The summed E-state index contributed by atoms with van der Waals surface area (Å²) < 4.78 is 2.44. The fraction of sp³-hybridized carbons (Fsp3) is 0.0233. The Labute approximate surface area is 263 Å². The second-order valence-electron chi connectivity index (χ2n) is 12.5. The van der Waals surface area contributed by atoms with Gasteiger partial charge in [-0.15, -0.1) is 0 Å². The molecule has 10 rings (SSSR count). The molecule has 1 aliphatic carbocycles. The minimum Gasteiger partial charge on any atom is -0.309 e. The lowest BCUT2D eigenvalue weighted by atomic mass is 10.0. The molecule has 0 atom stereocenters. The largest absolute Gasteiger partial charge is 0.309 e. The Morgan fingerprint density at radius 2 is 0.933 bits per heavy atom. The van der Waals surface area contributed by atoms with E-state index in [1.54, 1.807) is 0 Å². The van der Waals surface area contributed by atoms with Crippen molar-refractivity contribution in [3.8, 4) is 27.9 Å². The number of hydrogen-bond donors (Lipinski definition) is 0. The van der Waals surface area contributed by atoms with Gasteiger partial charge in [-0.25, -0.2) is 0 Å². The molecule has 1 aliphatic heterocycles. The fourth-order valence-corrected chi connectivity index (χ4v) is 13.6. The first kappa shape index (κ1) is 24.9. The summed E-state index contributed by atoms with van der Waals surface area (Å²) in [5, 5.41) is 8.49. The molecule has 2 heteroatoms. The monoisotopic (exact) mass is 587 g/mol. The van der Waals surface area contributed by atoms with Crippen molar-refractivity contribution in [2.45, 2.75) is 6.42 Å². The highest BCUT2D eigenvalue weighted by Crippen LogP contribution is 2.40. The SMILES string of the molecule is c1ccc([Si]2(c3ccc4c(c3)-c3cc(-n5c6ccccc6c6ccccc65)ccc3C4)c3ccccc3-c3ccccc32)cc1. The Kier molecular flexibility index (Phi) is 5.14. The lowest BCUT2D eigenvalue weighted by Gasteiger charge is -2.31. The summed E-state index contributed by atoms with van der Waals surface area (Å²) in [6.45, 7) is 0. The highest BCUT2D eigenvalue weighted by molar-refractivity contribution is 7.22. The van der Waals surface area contributed by atoms with E-state index >= 15 is 0 Å². The Morgan fingerprint density at radius 3 is 1.60 bits per heavy atom. The summed E-state index contributed by atoms with van der Waals surface area (Å²) in [5.41, 5.74) is 12.1. The third-order valence-electron chi connectivity index (χ3n) is 10.3. The molecule has 8 aromatic rings. The van der Waals surface area contributed by atoms with Gasteiger partial charge in [0.25, 0.3) is 0 Å². The Balaban J connectivity index is 1.22. The third kappa shape index (κ3) is 3.32. The number of nitrogens with zero attached hydrogens (tertiary/aromatic N) is 1. The van der Waals surface area contributed by atoms with Crippen LogP contribution < -0.4 is 20.7 Å². The number of aromatic nitrogens is 1. The predicted octanol–water partition coefficient (Wildman–Crippen LogP) is 7.71. The van der Waals surface area contributed by atoms with Crippen LogP contribution in [0.25, 0.3) is 49.7 Å². The molecule has 0 saturated heterocycles. The molecule has 1 aromatic heterocycles. The molecular formula is C43H29NSi. The minimum atomic E-state index is -2.53. The van der Waals surface area contributed by atoms with Crippen LogP contribution in [0.15, 0.2) is 164 Å². The first-order chi connectivity index (χ1) is 22.3. The second-order valence-corrected chi connectivity index (χ2v) is 16.2. The standard InChI is InChI=1S/C43H29NSi/c1-2-12-32(13-3-1)45(42-20-10-6-16-36(42)37-17-7-11-21-43(37)45)33-25-23-30-26-29-22-24-31(27-38(29)39(30)28-33)44-40-18-8-4-14-34(40)35-15-5-9-19-41(35)44/h1-25,27-28H,26H2. The number of rotatable bonds is 3. The van der Waals surface area contributed by atoms with Gasteiger partial charge in [-0.1, -0.05) is 140 Å². The summed E-state index contributed by atoms with van der Waals surface area (Å²) in [5.74, 6) is 0. The van der Waals surface area contributed by atoms with Crippen LogP contribution in [0.5, 0.6) is 0 Å². The lowest BCUT2D eigenvalue weighted by molar-refractivity contribution is 1.17. The molecule has 45 heavy (non-hydrogen) atoms. The van der Waals surface area contributed by atoms with Gasteiger partial charge in [0.2, 0.25) is 0 Å². The van der Waals surface area contributed by atoms with Gasteiger partial charge < -0.3 is 4.57 Å². The first-order valence-electron chi connectivity index (χ1n) is 15.8. The van der Waals surface area contributed by atoms with Crippen LogP contribution in [0.3, 0.4) is 0 Å². The van der Waals surface area contributed by atoms with Crippen LogP contribution in [0.4, 0.5) is 0 Å². The van der Waals surface area contributed by atoms with Gasteiger partial charge in [0.15, 0.2) is 8.07 Å². The summed E-state index contributed by atoms with van der Waals surface area (Å²) in [4.78, 5) is 0. The van der Waals surface area contributed by atoms with Crippen LogP contribution in [0.2, 0.25) is 0 Å². The molecule has 0 fully saturated rings. The van der Waals surface area contributed by atoms with Gasteiger partial charge >= 0.3 is 0 Å². The summed E-state index contributed by atoms with van der Waals surface area (Å²) in [6, 6.07) is 61.8. The molecular weight excluding hydrogens is 559 g/mol. The quantitative estimate of drug-likeness (QED) is 0.187. The van der Waals surface area contributed by atoms with Gasteiger partial charge in [0, 0.05) is 16.5 Å². The zero-order chi connectivity index (χ0) is 29.5. The maximum absolute atomic E-state index is 2.56. The summed E-state index contributed by atoms with van der Waals surface area (Å²) in [6.07, 6.45) is 0.978. The Bertz CT molecular complexity index is 2370. The van der Waals surface area contributed by atoms with Crippen molar-refractivity contribution in [2.24, 2.45) is 0 Å². The zero-order valence-electron chi connectivity index (χ0n) is 24.7. The topological polar surface area (TPSA) is 4.93 Å². The maximum atomic E-state index is 2.56. The van der Waals surface area contributed by atoms with E-state index < -0.39 is 8.07 Å². The highest BCUT2D eigenvalue weighted by Gasteiger charge is 2.48. The predicted molar refractivity (Wildman–Crippen MR) is 192 cm³/mol. The van der Waals surface area contributed by atoms with E-state index in [1.165, 1.54) is 81.6 Å². The maximum Gasteiger partial charge on any atom is 0.180 e. The van der Waals surface area contributed by atoms with Gasteiger partial charge in [-0.3, -0.25) is 0 Å². The first-order valence-corrected chi connectivity index (χ1v) is 17.8. The van der Waals surface area contributed by atoms with E-state index in [0.717, 1.165) is 6.42 Å². The number of para-hydroxylation sites is 2. The normalized spacial score (nSPS) is 13.9. The van der Waals surface area contributed by atoms with Crippen LogP contribution >= 0.6 is 0 Å². The Hall–Kier alpha value is -5.44. The number of benzene rings is 7. The van der Waals surface area contributed by atoms with Crippen molar-refractivity contribution in [2.75, 3.05) is 0 Å². The molecule has 7 aromatic carbocycles. The van der Waals surface area contributed by atoms with E-state index in [1.807, 2.05) is 0 Å². The van der Waals surface area contributed by atoms with Gasteiger partial charge in [-0.05, 0) is 84.8 Å². The molecule has 0 spiro atoms. The van der Waals surface area contributed by atoms with Crippen LogP contribution in [-0.4, -0.2) is 12.6 Å². The third-order valence-corrected chi connectivity index (χ3v) is 15.2. The van der Waals surface area contributed by atoms with Crippen molar-refractivity contribution in [1.82, 2.24) is 4.57 Å². The van der Waals surface area contributed by atoms with E-state index in [4.69, 9.17) is 0 Å². The minimum absolute atomic E-state index is 0.978. The van der Waals surface area contributed by atoms with E-state index in [-0.39, 0.29) is 0 Å². The molecule has 0 bridgehead atoms. The average molecular weight is 588 g/mol. The second kappa shape index (κ2) is 9.28. The average Bonchev–Trinajstić information content (AvgIpc) is 3.75. The molecule has 2 heterocycles. The van der Waals surface area contributed by atoms with E-state index in [2.05, 4.69) is 168 Å². The molecule has 0 radical (unpaired) electrons. The molecule has 0 amide bonds. The number of fused-ring (bicyclic) bond motifs is 9.